The number of hydrazone groups is 1. The number of nitro benzene ring substituents is 1. The van der Waals surface area contributed by atoms with Crippen molar-refractivity contribution in [1.29, 1.82) is 0 Å². The molecule has 2 N–H and O–H groups in total. The molecule has 0 aliphatic rings. The molecule has 0 saturated carbocycles. The number of phenolic OH excluding ortho intramolecular Hbond substituents is 1. The average molecular weight is 391 g/mol. The lowest BCUT2D eigenvalue weighted by molar-refractivity contribution is -0.384. The van der Waals surface area contributed by atoms with Crippen LogP contribution in [0.5, 0.6) is 5.75 Å². The van der Waals surface area contributed by atoms with Crippen LogP contribution in [-0.4, -0.2) is 35.2 Å². The van der Waals surface area contributed by atoms with Crippen LogP contribution in [0, 0.1) is 10.1 Å². The third kappa shape index (κ3) is 4.95. The Morgan fingerprint density at radius 1 is 1.30 bits per heavy atom. The van der Waals surface area contributed by atoms with E-state index in [1.54, 1.807) is 12.1 Å². The third-order valence-electron chi connectivity index (χ3n) is 3.92. The van der Waals surface area contributed by atoms with Crippen LogP contribution in [0.4, 0.5) is 11.4 Å². The molecule has 8 nitrogen and oxygen atoms in total. The normalized spacial score (nSPS) is 10.8. The molecular weight excluding hydrogens is 372 g/mol. The van der Waals surface area contributed by atoms with E-state index in [1.807, 2.05) is 19.9 Å². The molecule has 27 heavy (non-hydrogen) atoms. The number of nitrogens with zero attached hydrogens (tertiary/aromatic N) is 3. The van der Waals surface area contributed by atoms with E-state index >= 15 is 0 Å². The zero-order valence-corrected chi connectivity index (χ0v) is 15.6. The van der Waals surface area contributed by atoms with Crippen molar-refractivity contribution < 1.29 is 14.8 Å². The van der Waals surface area contributed by atoms with Gasteiger partial charge in [0.1, 0.15) is 10.8 Å². The first kappa shape index (κ1) is 20.2. The molecule has 0 radical (unpaired) electrons. The molecule has 2 rings (SSSR count). The number of nitrogens with one attached hydrogen (secondary N) is 1. The van der Waals surface area contributed by atoms with Gasteiger partial charge in [-0.3, -0.25) is 14.9 Å². The second-order valence-corrected chi connectivity index (χ2v) is 5.95. The minimum atomic E-state index is -0.669. The molecule has 2 aromatic carbocycles. The molecule has 0 heterocycles. The maximum Gasteiger partial charge on any atom is 0.288 e. The average Bonchev–Trinajstić information content (AvgIpc) is 2.64. The molecule has 0 aromatic heterocycles. The number of carbonyl (C=O) groups is 1. The fraction of sp³-hybridized carbons (Fsp3) is 0.222. The molecule has 1 amide bonds. The molecular formula is C18H19ClN4O4. The predicted molar refractivity (Wildman–Crippen MR) is 105 cm³/mol. The highest BCUT2D eigenvalue weighted by molar-refractivity contribution is 6.32. The first-order valence-electron chi connectivity index (χ1n) is 8.22. The predicted octanol–water partition coefficient (Wildman–Crippen LogP) is 3.56. The van der Waals surface area contributed by atoms with Crippen LogP contribution in [0.2, 0.25) is 5.02 Å². The van der Waals surface area contributed by atoms with E-state index in [1.165, 1.54) is 18.3 Å². The van der Waals surface area contributed by atoms with Crippen LogP contribution in [0.1, 0.15) is 29.8 Å². The SMILES string of the molecule is CCN(CC)c1ccc(/C=N\NC(=O)c2ccc(Cl)c([N+](=O)[O-])c2)c(O)c1. The van der Waals surface area contributed by atoms with Gasteiger partial charge in [-0.1, -0.05) is 11.6 Å². The number of rotatable bonds is 7. The lowest BCUT2D eigenvalue weighted by atomic mass is 10.2. The van der Waals surface area contributed by atoms with E-state index in [4.69, 9.17) is 11.6 Å². The van der Waals surface area contributed by atoms with Crippen molar-refractivity contribution in [3.63, 3.8) is 0 Å². The fourth-order valence-electron chi connectivity index (χ4n) is 2.45. The first-order chi connectivity index (χ1) is 12.9. The Morgan fingerprint density at radius 3 is 2.59 bits per heavy atom. The van der Waals surface area contributed by atoms with Gasteiger partial charge in [-0.05, 0) is 38.1 Å². The summed E-state index contributed by atoms with van der Waals surface area (Å²) in [6.07, 6.45) is 1.30. The number of hydrogen-bond acceptors (Lipinski definition) is 6. The van der Waals surface area contributed by atoms with Gasteiger partial charge in [0.25, 0.3) is 11.6 Å². The Labute approximate surface area is 161 Å². The molecule has 0 aliphatic carbocycles. The van der Waals surface area contributed by atoms with Crippen molar-refractivity contribution in [2.75, 3.05) is 18.0 Å². The lowest BCUT2D eigenvalue weighted by Gasteiger charge is -2.21. The number of anilines is 1. The number of phenols is 1. The summed E-state index contributed by atoms with van der Waals surface area (Å²) >= 11 is 5.72. The van der Waals surface area contributed by atoms with Crippen molar-refractivity contribution >= 4 is 35.1 Å². The van der Waals surface area contributed by atoms with Crippen molar-refractivity contribution in [3.8, 4) is 5.75 Å². The highest BCUT2D eigenvalue weighted by Crippen LogP contribution is 2.25. The van der Waals surface area contributed by atoms with Gasteiger partial charge >= 0.3 is 0 Å². The van der Waals surface area contributed by atoms with Gasteiger partial charge in [-0.15, -0.1) is 0 Å². The number of nitro groups is 1. The summed E-state index contributed by atoms with van der Waals surface area (Å²) in [4.78, 5) is 24.4. The minimum absolute atomic E-state index is 0.0273. The number of benzene rings is 2. The first-order valence-corrected chi connectivity index (χ1v) is 8.60. The molecule has 9 heteroatoms. The van der Waals surface area contributed by atoms with Crippen molar-refractivity contribution in [3.05, 3.63) is 62.7 Å². The Kier molecular flexibility index (Phi) is 6.73. The van der Waals surface area contributed by atoms with Gasteiger partial charge in [0.15, 0.2) is 0 Å². The van der Waals surface area contributed by atoms with E-state index in [9.17, 15) is 20.0 Å². The largest absolute Gasteiger partial charge is 0.507 e. The van der Waals surface area contributed by atoms with Gasteiger partial charge in [0.2, 0.25) is 0 Å². The van der Waals surface area contributed by atoms with Gasteiger partial charge in [-0.2, -0.15) is 5.10 Å². The van der Waals surface area contributed by atoms with Crippen molar-refractivity contribution in [2.45, 2.75) is 13.8 Å². The number of halogens is 1. The molecule has 0 unspecified atom stereocenters. The highest BCUT2D eigenvalue weighted by Gasteiger charge is 2.16. The number of carbonyl (C=O) groups excluding carboxylic acids is 1. The number of hydrogen-bond donors (Lipinski definition) is 2. The topological polar surface area (TPSA) is 108 Å². The fourth-order valence-corrected chi connectivity index (χ4v) is 2.63. The van der Waals surface area contributed by atoms with Crippen LogP contribution in [0.15, 0.2) is 41.5 Å². The molecule has 0 aliphatic heterocycles. The van der Waals surface area contributed by atoms with E-state index in [0.29, 0.717) is 5.56 Å². The highest BCUT2D eigenvalue weighted by atomic mass is 35.5. The Balaban J connectivity index is 2.10. The van der Waals surface area contributed by atoms with E-state index < -0.39 is 10.8 Å². The van der Waals surface area contributed by atoms with Gasteiger partial charge in [0.05, 0.1) is 11.1 Å². The summed E-state index contributed by atoms with van der Waals surface area (Å²) < 4.78 is 0. The Bertz CT molecular complexity index is 882. The molecule has 0 atom stereocenters. The second kappa shape index (κ2) is 9.00. The van der Waals surface area contributed by atoms with E-state index in [2.05, 4.69) is 15.4 Å². The number of amides is 1. The zero-order valence-electron chi connectivity index (χ0n) is 14.8. The summed E-state index contributed by atoms with van der Waals surface area (Å²) in [6, 6.07) is 8.86. The number of aromatic hydroxyl groups is 1. The van der Waals surface area contributed by atoms with Crippen LogP contribution in [-0.2, 0) is 0 Å². The minimum Gasteiger partial charge on any atom is -0.507 e. The molecule has 0 bridgehead atoms. The summed E-state index contributed by atoms with van der Waals surface area (Å²) in [7, 11) is 0. The zero-order chi connectivity index (χ0) is 20.0. The smallest absolute Gasteiger partial charge is 0.288 e. The third-order valence-corrected chi connectivity index (χ3v) is 4.24. The summed E-state index contributed by atoms with van der Waals surface area (Å²) in [5.41, 5.74) is 3.25. The van der Waals surface area contributed by atoms with Gasteiger partial charge in [-0.25, -0.2) is 5.43 Å². The van der Waals surface area contributed by atoms with E-state index in [-0.39, 0.29) is 22.0 Å². The monoisotopic (exact) mass is 390 g/mol. The van der Waals surface area contributed by atoms with Crippen LogP contribution in [0.3, 0.4) is 0 Å². The van der Waals surface area contributed by atoms with Crippen LogP contribution in [0.25, 0.3) is 0 Å². The molecule has 0 saturated heterocycles. The van der Waals surface area contributed by atoms with E-state index in [0.717, 1.165) is 24.8 Å². The van der Waals surface area contributed by atoms with Crippen LogP contribution >= 0.6 is 11.6 Å². The summed E-state index contributed by atoms with van der Waals surface area (Å²) in [5, 5.41) is 24.7. The molecule has 0 fully saturated rings. The summed E-state index contributed by atoms with van der Waals surface area (Å²) in [6.45, 7) is 5.67. The second-order valence-electron chi connectivity index (χ2n) is 5.54. The van der Waals surface area contributed by atoms with Crippen molar-refractivity contribution in [2.24, 2.45) is 5.10 Å². The van der Waals surface area contributed by atoms with Crippen molar-refractivity contribution in [1.82, 2.24) is 5.43 Å². The van der Waals surface area contributed by atoms with Crippen LogP contribution < -0.4 is 10.3 Å². The Hall–Kier alpha value is -3.13. The van der Waals surface area contributed by atoms with Gasteiger partial charge < -0.3 is 10.0 Å². The molecule has 142 valence electrons. The maximum absolute atomic E-state index is 12.1. The Morgan fingerprint density at radius 2 is 2.00 bits per heavy atom. The maximum atomic E-state index is 12.1. The molecule has 0 spiro atoms. The lowest BCUT2D eigenvalue weighted by Crippen LogP contribution is -2.21. The molecule has 2 aromatic rings. The quantitative estimate of drug-likeness (QED) is 0.427. The summed E-state index contributed by atoms with van der Waals surface area (Å²) in [5.74, 6) is -0.607. The van der Waals surface area contributed by atoms with Gasteiger partial charge in [0, 0.05) is 42.0 Å². The standard InChI is InChI=1S/C18H19ClN4O4/c1-3-22(4-2)14-7-5-13(17(24)10-14)11-20-21-18(25)12-6-8-15(19)16(9-12)23(26)27/h5-11,24H,3-4H2,1-2H3,(H,21,25)/b20-11-.